The Labute approximate surface area is 212 Å². The first-order valence-electron chi connectivity index (χ1n) is 12.0. The molecule has 2 amide bonds. The molecule has 1 unspecified atom stereocenters. The van der Waals surface area contributed by atoms with Gasteiger partial charge in [0.2, 0.25) is 5.91 Å². The molecule has 0 spiro atoms. The van der Waals surface area contributed by atoms with Crippen LogP contribution in [0.3, 0.4) is 0 Å². The molecule has 3 aromatic rings. The van der Waals surface area contributed by atoms with E-state index >= 15 is 0 Å². The molecule has 4 rings (SSSR count). The fourth-order valence-electron chi connectivity index (χ4n) is 3.92. The van der Waals surface area contributed by atoms with Crippen LogP contribution in [0.5, 0.6) is 5.75 Å². The third-order valence-electron chi connectivity index (χ3n) is 6.02. The molecule has 3 aromatic carbocycles. The van der Waals surface area contributed by atoms with Crippen molar-refractivity contribution in [3.05, 3.63) is 90.0 Å². The van der Waals surface area contributed by atoms with Crippen molar-refractivity contribution in [1.82, 2.24) is 5.01 Å². The number of carbonyl (C=O) groups excluding carboxylic acids is 2. The van der Waals surface area contributed by atoms with Crippen LogP contribution in [-0.2, 0) is 9.59 Å². The van der Waals surface area contributed by atoms with Gasteiger partial charge in [0.15, 0.2) is 0 Å². The van der Waals surface area contributed by atoms with E-state index in [0.717, 1.165) is 28.3 Å². The molecule has 1 heterocycles. The van der Waals surface area contributed by atoms with Crippen LogP contribution < -0.4 is 15.4 Å². The first kappa shape index (κ1) is 25.0. The zero-order chi connectivity index (χ0) is 25.7. The number of anilines is 2. The van der Waals surface area contributed by atoms with Crippen LogP contribution in [0.25, 0.3) is 0 Å². The minimum atomic E-state index is -0.500. The molecule has 1 atom stereocenters. The van der Waals surface area contributed by atoms with E-state index in [0.29, 0.717) is 12.1 Å². The summed E-state index contributed by atoms with van der Waals surface area (Å²) in [6, 6.07) is 24.8. The van der Waals surface area contributed by atoms with Crippen molar-refractivity contribution in [2.45, 2.75) is 33.2 Å². The predicted octanol–water partition coefficient (Wildman–Crippen LogP) is 5.47. The second-order valence-corrected chi connectivity index (χ2v) is 9.78. The summed E-state index contributed by atoms with van der Waals surface area (Å²) in [7, 11) is 1.63. The van der Waals surface area contributed by atoms with Gasteiger partial charge in [0.05, 0.1) is 25.4 Å². The predicted molar refractivity (Wildman–Crippen MR) is 143 cm³/mol. The van der Waals surface area contributed by atoms with Crippen LogP contribution in [0.2, 0.25) is 0 Å². The van der Waals surface area contributed by atoms with E-state index in [-0.39, 0.29) is 24.4 Å². The molecule has 0 fully saturated rings. The SMILES string of the molecule is COc1ccc(C2CC(c3ccccc3)=NN2C(=O)CNc2cccc(NC(=O)C(C)(C)C)c2)cc1. The summed E-state index contributed by atoms with van der Waals surface area (Å²) in [6.45, 7) is 5.66. The van der Waals surface area contributed by atoms with Gasteiger partial charge in [-0.3, -0.25) is 9.59 Å². The molecule has 0 saturated heterocycles. The van der Waals surface area contributed by atoms with E-state index in [1.165, 1.54) is 0 Å². The molecule has 7 heteroatoms. The summed E-state index contributed by atoms with van der Waals surface area (Å²) in [5.41, 5.74) is 3.78. The molecule has 186 valence electrons. The number of rotatable bonds is 7. The Morgan fingerprint density at radius 3 is 2.33 bits per heavy atom. The summed E-state index contributed by atoms with van der Waals surface area (Å²) in [5, 5.41) is 12.4. The minimum absolute atomic E-state index is 0.0644. The Hall–Kier alpha value is -4.13. The van der Waals surface area contributed by atoms with Crippen LogP contribution in [0, 0.1) is 5.41 Å². The smallest absolute Gasteiger partial charge is 0.262 e. The normalized spacial score (nSPS) is 15.3. The highest BCUT2D eigenvalue weighted by atomic mass is 16.5. The van der Waals surface area contributed by atoms with Crippen molar-refractivity contribution in [1.29, 1.82) is 0 Å². The first-order valence-corrected chi connectivity index (χ1v) is 12.0. The summed E-state index contributed by atoms with van der Waals surface area (Å²) < 4.78 is 5.29. The molecular formula is C29H32N4O3. The van der Waals surface area contributed by atoms with Gasteiger partial charge in [0.25, 0.3) is 5.91 Å². The third-order valence-corrected chi connectivity index (χ3v) is 6.02. The minimum Gasteiger partial charge on any atom is -0.497 e. The Kier molecular flexibility index (Phi) is 7.38. The Bertz CT molecular complexity index is 1250. The number of hydrogen-bond acceptors (Lipinski definition) is 5. The number of amides is 2. The molecule has 1 aliphatic heterocycles. The maximum atomic E-state index is 13.4. The lowest BCUT2D eigenvalue weighted by molar-refractivity contribution is -0.131. The molecule has 36 heavy (non-hydrogen) atoms. The van der Waals surface area contributed by atoms with E-state index in [4.69, 9.17) is 9.84 Å². The van der Waals surface area contributed by atoms with Crippen molar-refractivity contribution in [3.8, 4) is 5.75 Å². The number of nitrogens with zero attached hydrogens (tertiary/aromatic N) is 2. The fraction of sp³-hybridized carbons (Fsp3) is 0.276. The maximum absolute atomic E-state index is 13.4. The van der Waals surface area contributed by atoms with Gasteiger partial charge in [-0.1, -0.05) is 69.3 Å². The van der Waals surface area contributed by atoms with E-state index in [1.54, 1.807) is 12.1 Å². The third kappa shape index (κ3) is 5.92. The molecular weight excluding hydrogens is 452 g/mol. The van der Waals surface area contributed by atoms with Gasteiger partial charge < -0.3 is 15.4 Å². The van der Waals surface area contributed by atoms with Crippen molar-refractivity contribution < 1.29 is 14.3 Å². The second kappa shape index (κ2) is 10.6. The largest absolute Gasteiger partial charge is 0.497 e. The first-order chi connectivity index (χ1) is 17.2. The highest BCUT2D eigenvalue weighted by Gasteiger charge is 2.33. The molecule has 0 bridgehead atoms. The molecule has 0 radical (unpaired) electrons. The zero-order valence-electron chi connectivity index (χ0n) is 21.1. The molecule has 2 N–H and O–H groups in total. The van der Waals surface area contributed by atoms with Crippen molar-refractivity contribution in [2.24, 2.45) is 10.5 Å². The highest BCUT2D eigenvalue weighted by molar-refractivity contribution is 6.03. The van der Waals surface area contributed by atoms with E-state index in [2.05, 4.69) is 10.6 Å². The molecule has 0 saturated carbocycles. The number of ether oxygens (including phenoxy) is 1. The average Bonchev–Trinajstić information content (AvgIpc) is 3.33. The summed E-state index contributed by atoms with van der Waals surface area (Å²) in [6.07, 6.45) is 0.621. The summed E-state index contributed by atoms with van der Waals surface area (Å²) in [4.78, 5) is 25.7. The van der Waals surface area contributed by atoms with Gasteiger partial charge in [0.1, 0.15) is 5.75 Å². The number of hydrazone groups is 1. The lowest BCUT2D eigenvalue weighted by Gasteiger charge is -2.23. The quantitative estimate of drug-likeness (QED) is 0.466. The molecule has 0 aromatic heterocycles. The monoisotopic (exact) mass is 484 g/mol. The maximum Gasteiger partial charge on any atom is 0.262 e. The van der Waals surface area contributed by atoms with Gasteiger partial charge >= 0.3 is 0 Å². The number of methoxy groups -OCH3 is 1. The average molecular weight is 485 g/mol. The van der Waals surface area contributed by atoms with Crippen LogP contribution >= 0.6 is 0 Å². The number of carbonyl (C=O) groups is 2. The highest BCUT2D eigenvalue weighted by Crippen LogP contribution is 2.33. The second-order valence-electron chi connectivity index (χ2n) is 9.78. The van der Waals surface area contributed by atoms with E-state index < -0.39 is 5.41 Å². The van der Waals surface area contributed by atoms with Crippen LogP contribution in [0.1, 0.15) is 44.4 Å². The number of benzene rings is 3. The summed E-state index contributed by atoms with van der Waals surface area (Å²) >= 11 is 0. The summed E-state index contributed by atoms with van der Waals surface area (Å²) in [5.74, 6) is 0.544. The van der Waals surface area contributed by atoms with Gasteiger partial charge in [-0.15, -0.1) is 0 Å². The lowest BCUT2D eigenvalue weighted by Crippen LogP contribution is -2.32. The fourth-order valence-corrected chi connectivity index (χ4v) is 3.92. The molecule has 0 aliphatic carbocycles. The zero-order valence-corrected chi connectivity index (χ0v) is 21.1. The Balaban J connectivity index is 1.50. The Morgan fingerprint density at radius 2 is 1.67 bits per heavy atom. The van der Waals surface area contributed by atoms with Gasteiger partial charge in [-0.05, 0) is 41.5 Å². The lowest BCUT2D eigenvalue weighted by atomic mass is 9.95. The molecule has 7 nitrogen and oxygen atoms in total. The van der Waals surface area contributed by atoms with Crippen molar-refractivity contribution in [2.75, 3.05) is 24.3 Å². The Morgan fingerprint density at radius 1 is 0.972 bits per heavy atom. The van der Waals surface area contributed by atoms with E-state index in [9.17, 15) is 9.59 Å². The standard InChI is InChI=1S/C29H32N4O3/c1-29(2,3)28(35)31-23-12-8-11-22(17-23)30-19-27(34)33-26(21-13-15-24(36-4)16-14-21)18-25(32-33)20-9-6-5-7-10-20/h5-17,26,30H,18-19H2,1-4H3,(H,31,35). The van der Waals surface area contributed by atoms with Crippen LogP contribution in [-0.4, -0.2) is 36.2 Å². The number of nitrogens with one attached hydrogen (secondary N) is 2. The van der Waals surface area contributed by atoms with Crippen LogP contribution in [0.15, 0.2) is 84.0 Å². The molecule has 1 aliphatic rings. The van der Waals surface area contributed by atoms with Gasteiger partial charge in [-0.25, -0.2) is 5.01 Å². The van der Waals surface area contributed by atoms with Gasteiger partial charge in [-0.2, -0.15) is 5.10 Å². The number of hydrogen-bond donors (Lipinski definition) is 2. The van der Waals surface area contributed by atoms with Crippen LogP contribution in [0.4, 0.5) is 11.4 Å². The van der Waals surface area contributed by atoms with Gasteiger partial charge in [0, 0.05) is 23.2 Å². The van der Waals surface area contributed by atoms with Crippen molar-refractivity contribution in [3.63, 3.8) is 0 Å². The van der Waals surface area contributed by atoms with Crippen molar-refractivity contribution >= 4 is 28.9 Å². The van der Waals surface area contributed by atoms with E-state index in [1.807, 2.05) is 99.6 Å². The topological polar surface area (TPSA) is 83.0 Å².